The molecule has 0 aliphatic rings. The SMILES string of the molecule is CCCCc1cc(NC(=O)Nc2ccc(Oc3ccnc(Nc4cc(C)c5[nH]ncc5c4)n3)c3ccccc23)n(-c2ccc(=O)n(CCO)c2)n1. The fourth-order valence-electron chi connectivity index (χ4n) is 5.87. The summed E-state index contributed by atoms with van der Waals surface area (Å²) in [5.41, 5.74) is 4.54. The number of aryl methyl sites for hydroxylation is 2. The molecule has 0 unspecified atom stereocenters. The van der Waals surface area contributed by atoms with Gasteiger partial charge in [-0.25, -0.2) is 14.5 Å². The molecule has 0 aliphatic heterocycles. The third kappa shape index (κ3) is 7.26. The summed E-state index contributed by atoms with van der Waals surface area (Å²) in [6, 6.07) is 21.2. The number of rotatable bonds is 12. The van der Waals surface area contributed by atoms with Gasteiger partial charge in [-0.15, -0.1) is 0 Å². The van der Waals surface area contributed by atoms with Crippen molar-refractivity contribution >= 4 is 50.8 Å². The highest BCUT2D eigenvalue weighted by Crippen LogP contribution is 2.34. The summed E-state index contributed by atoms with van der Waals surface area (Å²) in [6.45, 7) is 4.06. The number of hydrogen-bond acceptors (Lipinski definition) is 9. The molecule has 0 saturated carbocycles. The number of amides is 2. The van der Waals surface area contributed by atoms with Gasteiger partial charge in [0.2, 0.25) is 11.8 Å². The lowest BCUT2D eigenvalue weighted by molar-refractivity contribution is 0.262. The van der Waals surface area contributed by atoms with Gasteiger partial charge in [-0.2, -0.15) is 15.2 Å². The van der Waals surface area contributed by atoms with E-state index in [2.05, 4.69) is 43.0 Å². The summed E-state index contributed by atoms with van der Waals surface area (Å²) >= 11 is 0. The summed E-state index contributed by atoms with van der Waals surface area (Å²) in [4.78, 5) is 34.7. The normalized spacial score (nSPS) is 11.2. The highest BCUT2D eigenvalue weighted by atomic mass is 16.5. The Morgan fingerprint density at radius 3 is 2.73 bits per heavy atom. The van der Waals surface area contributed by atoms with Gasteiger partial charge in [0.25, 0.3) is 5.56 Å². The minimum Gasteiger partial charge on any atom is -0.438 e. The fourth-order valence-corrected chi connectivity index (χ4v) is 5.87. The third-order valence-electron chi connectivity index (χ3n) is 8.32. The van der Waals surface area contributed by atoms with Crippen LogP contribution in [0.1, 0.15) is 31.0 Å². The summed E-state index contributed by atoms with van der Waals surface area (Å²) < 4.78 is 9.25. The van der Waals surface area contributed by atoms with Gasteiger partial charge in [-0.1, -0.05) is 37.6 Å². The number of benzene rings is 3. The zero-order valence-corrected chi connectivity index (χ0v) is 28.1. The molecule has 0 atom stereocenters. The number of carbonyl (C=O) groups excluding carboxylic acids is 1. The van der Waals surface area contributed by atoms with Gasteiger partial charge in [0.15, 0.2) is 0 Å². The highest BCUT2D eigenvalue weighted by Gasteiger charge is 2.16. The van der Waals surface area contributed by atoms with Crippen molar-refractivity contribution in [1.29, 1.82) is 0 Å². The predicted molar refractivity (Wildman–Crippen MR) is 196 cm³/mol. The van der Waals surface area contributed by atoms with E-state index >= 15 is 0 Å². The van der Waals surface area contributed by atoms with Crippen LogP contribution in [0.4, 0.5) is 27.9 Å². The lowest BCUT2D eigenvalue weighted by Crippen LogP contribution is -2.23. The van der Waals surface area contributed by atoms with Crippen LogP contribution < -0.4 is 26.2 Å². The maximum Gasteiger partial charge on any atom is 0.324 e. The predicted octanol–water partition coefficient (Wildman–Crippen LogP) is 6.68. The highest BCUT2D eigenvalue weighted by molar-refractivity contribution is 6.07. The second kappa shape index (κ2) is 14.5. The smallest absolute Gasteiger partial charge is 0.324 e. The number of aromatic nitrogens is 7. The van der Waals surface area contributed by atoms with E-state index in [9.17, 15) is 14.7 Å². The number of aliphatic hydroxyl groups is 1. The van der Waals surface area contributed by atoms with Crippen LogP contribution in [0.5, 0.6) is 11.6 Å². The summed E-state index contributed by atoms with van der Waals surface area (Å²) in [6.07, 6.45) is 7.65. The van der Waals surface area contributed by atoms with E-state index < -0.39 is 6.03 Å². The van der Waals surface area contributed by atoms with Crippen molar-refractivity contribution in [3.63, 3.8) is 0 Å². The first-order chi connectivity index (χ1) is 24.9. The number of nitrogens with one attached hydrogen (secondary N) is 4. The molecule has 0 saturated heterocycles. The number of fused-ring (bicyclic) bond motifs is 2. The molecule has 51 heavy (non-hydrogen) atoms. The molecule has 14 nitrogen and oxygen atoms in total. The van der Waals surface area contributed by atoms with Gasteiger partial charge < -0.3 is 25.0 Å². The molecule has 0 spiro atoms. The second-order valence-electron chi connectivity index (χ2n) is 12.0. The van der Waals surface area contributed by atoms with Gasteiger partial charge in [-0.05, 0) is 55.7 Å². The number of carbonyl (C=O) groups is 1. The van der Waals surface area contributed by atoms with Gasteiger partial charge in [-0.3, -0.25) is 15.2 Å². The average molecular weight is 685 g/mol. The largest absolute Gasteiger partial charge is 0.438 e. The van der Waals surface area contributed by atoms with Crippen LogP contribution in [0.15, 0.2) is 96.2 Å². The Morgan fingerprint density at radius 1 is 1.02 bits per heavy atom. The van der Waals surface area contributed by atoms with Crippen LogP contribution in [-0.2, 0) is 13.0 Å². The van der Waals surface area contributed by atoms with Crippen molar-refractivity contribution < 1.29 is 14.6 Å². The maximum atomic E-state index is 13.5. The number of urea groups is 1. The first-order valence-corrected chi connectivity index (χ1v) is 16.6. The molecule has 0 aliphatic carbocycles. The number of unbranched alkanes of at least 4 members (excludes halogenated alkanes) is 1. The molecular formula is C37H36N10O4. The Kier molecular flexibility index (Phi) is 9.39. The second-order valence-corrected chi connectivity index (χ2v) is 12.0. The molecule has 0 bridgehead atoms. The van der Waals surface area contributed by atoms with Crippen molar-refractivity contribution in [1.82, 2.24) is 34.5 Å². The fraction of sp³-hybridized carbons (Fsp3) is 0.189. The number of aliphatic hydroxyl groups excluding tert-OH is 1. The molecular weight excluding hydrogens is 648 g/mol. The van der Waals surface area contributed by atoms with Gasteiger partial charge >= 0.3 is 6.03 Å². The molecule has 0 fully saturated rings. The molecule has 4 heterocycles. The molecule has 7 aromatic rings. The van der Waals surface area contributed by atoms with Crippen molar-refractivity contribution in [2.45, 2.75) is 39.7 Å². The first kappa shape index (κ1) is 33.0. The first-order valence-electron chi connectivity index (χ1n) is 16.6. The van der Waals surface area contributed by atoms with Crippen LogP contribution in [0.3, 0.4) is 0 Å². The third-order valence-corrected chi connectivity index (χ3v) is 8.32. The molecule has 4 aromatic heterocycles. The monoisotopic (exact) mass is 684 g/mol. The maximum absolute atomic E-state index is 13.5. The Labute approximate surface area is 292 Å². The van der Waals surface area contributed by atoms with E-state index in [0.717, 1.165) is 57.9 Å². The van der Waals surface area contributed by atoms with Crippen LogP contribution in [-0.4, -0.2) is 52.3 Å². The number of pyridine rings is 1. The van der Waals surface area contributed by atoms with E-state index in [4.69, 9.17) is 9.84 Å². The van der Waals surface area contributed by atoms with E-state index in [1.807, 2.05) is 49.4 Å². The van der Waals surface area contributed by atoms with Crippen LogP contribution in [0, 0.1) is 6.92 Å². The lowest BCUT2D eigenvalue weighted by Gasteiger charge is -2.14. The number of nitrogens with zero attached hydrogens (tertiary/aromatic N) is 6. The standard InChI is InChI=1S/C37H36N10O4/c1-3-4-7-25-20-32(47(45-25)27-10-13-34(49)46(22-27)16-17-48)42-37(50)41-30-11-12-31(29-9-6-5-8-28(29)30)51-33-14-15-38-36(43-33)40-26-18-23(2)35-24(19-26)21-39-44-35/h5-6,8-15,18-22,48H,3-4,7,16-17H2,1-2H3,(H,39,44)(H,38,40,43)(H2,41,42,50). The topological polar surface area (TPSA) is 177 Å². The van der Waals surface area contributed by atoms with Crippen molar-refractivity contribution in [2.75, 3.05) is 22.6 Å². The minimum atomic E-state index is -0.476. The Morgan fingerprint density at radius 2 is 1.88 bits per heavy atom. The van der Waals surface area contributed by atoms with Gasteiger partial charge in [0, 0.05) is 59.0 Å². The number of H-pyrrole nitrogens is 1. The zero-order chi connectivity index (χ0) is 35.3. The summed E-state index contributed by atoms with van der Waals surface area (Å²) in [7, 11) is 0. The van der Waals surface area contributed by atoms with E-state index in [1.165, 1.54) is 10.6 Å². The zero-order valence-electron chi connectivity index (χ0n) is 28.1. The van der Waals surface area contributed by atoms with E-state index in [1.54, 1.807) is 47.5 Å². The minimum absolute atomic E-state index is 0.144. The Hall–Kier alpha value is -6.54. The molecule has 14 heteroatoms. The van der Waals surface area contributed by atoms with Crippen molar-refractivity contribution in [2.24, 2.45) is 0 Å². The van der Waals surface area contributed by atoms with Gasteiger partial charge in [0.05, 0.1) is 35.4 Å². The van der Waals surface area contributed by atoms with E-state index in [0.29, 0.717) is 34.8 Å². The molecule has 2 amide bonds. The molecule has 258 valence electrons. The summed E-state index contributed by atoms with van der Waals surface area (Å²) in [5, 5.41) is 32.9. The number of anilines is 4. The van der Waals surface area contributed by atoms with Crippen LogP contribution in [0.2, 0.25) is 0 Å². The molecule has 3 aromatic carbocycles. The molecule has 5 N–H and O–H groups in total. The number of hydrogen-bond donors (Lipinski definition) is 5. The quantitative estimate of drug-likeness (QED) is 0.0940. The Bertz CT molecular complexity index is 2420. The van der Waals surface area contributed by atoms with Crippen LogP contribution >= 0.6 is 0 Å². The van der Waals surface area contributed by atoms with E-state index in [-0.39, 0.29) is 18.7 Å². The molecule has 0 radical (unpaired) electrons. The van der Waals surface area contributed by atoms with Crippen LogP contribution in [0.25, 0.3) is 27.4 Å². The number of ether oxygens (including phenoxy) is 1. The number of aromatic amines is 1. The average Bonchev–Trinajstić information content (AvgIpc) is 3.77. The van der Waals surface area contributed by atoms with Crippen molar-refractivity contribution in [3.8, 4) is 17.3 Å². The molecule has 7 rings (SSSR count). The van der Waals surface area contributed by atoms with Crippen molar-refractivity contribution in [3.05, 3.63) is 113 Å². The van der Waals surface area contributed by atoms with Gasteiger partial charge in [0.1, 0.15) is 11.6 Å². The lowest BCUT2D eigenvalue weighted by atomic mass is 10.1. The Balaban J connectivity index is 1.11. The summed E-state index contributed by atoms with van der Waals surface area (Å²) in [5.74, 6) is 1.70.